The molecule has 0 radical (unpaired) electrons. The molecule has 140 valence electrons. The van der Waals surface area contributed by atoms with Crippen molar-refractivity contribution in [2.24, 2.45) is 17.1 Å². The summed E-state index contributed by atoms with van der Waals surface area (Å²) in [6.07, 6.45) is 0.304. The number of hydrogen-bond donors (Lipinski definition) is 1. The zero-order chi connectivity index (χ0) is 17.9. The largest absolute Gasteiger partial charge is 0.345 e. The molecule has 25 heavy (non-hydrogen) atoms. The van der Waals surface area contributed by atoms with Crippen LogP contribution in [0.3, 0.4) is 0 Å². The predicted octanol–water partition coefficient (Wildman–Crippen LogP) is 2.21. The lowest BCUT2D eigenvalue weighted by Crippen LogP contribution is -2.42. The van der Waals surface area contributed by atoms with Gasteiger partial charge in [-0.3, -0.25) is 9.59 Å². The van der Waals surface area contributed by atoms with Crippen molar-refractivity contribution in [3.8, 4) is 0 Å². The number of hydrogen-bond acceptors (Lipinski definition) is 3. The highest BCUT2D eigenvalue weighted by Crippen LogP contribution is 2.23. The number of aryl methyl sites for hydroxylation is 1. The predicted molar refractivity (Wildman–Crippen MR) is 102 cm³/mol. The summed E-state index contributed by atoms with van der Waals surface area (Å²) in [5, 5.41) is 0. The van der Waals surface area contributed by atoms with Gasteiger partial charge in [0.25, 0.3) is 0 Å². The third-order valence-electron chi connectivity index (χ3n) is 4.65. The Morgan fingerprint density at radius 3 is 2.48 bits per heavy atom. The lowest BCUT2D eigenvalue weighted by Gasteiger charge is -2.30. The van der Waals surface area contributed by atoms with Crippen molar-refractivity contribution >= 4 is 24.2 Å². The number of amides is 2. The second-order valence-corrected chi connectivity index (χ2v) is 7.72. The molecule has 0 saturated carbocycles. The van der Waals surface area contributed by atoms with E-state index >= 15 is 0 Å². The highest BCUT2D eigenvalue weighted by molar-refractivity contribution is 5.89. The molecular formula is C19H30ClN3O2. The summed E-state index contributed by atoms with van der Waals surface area (Å²) in [6.45, 7) is 8.32. The average molecular weight is 368 g/mol. The molecule has 1 heterocycles. The molecule has 1 aromatic carbocycles. The highest BCUT2D eigenvalue weighted by atomic mass is 35.5. The van der Waals surface area contributed by atoms with Crippen LogP contribution in [-0.4, -0.2) is 48.3 Å². The van der Waals surface area contributed by atoms with E-state index in [4.69, 9.17) is 5.73 Å². The lowest BCUT2D eigenvalue weighted by molar-refractivity contribution is -0.135. The van der Waals surface area contributed by atoms with Crippen LogP contribution in [0, 0.1) is 18.3 Å². The number of carbonyl (C=O) groups excluding carboxylic acids is 2. The number of benzene rings is 1. The quantitative estimate of drug-likeness (QED) is 0.838. The Hall–Kier alpha value is -1.59. The minimum absolute atomic E-state index is 0. The maximum atomic E-state index is 12.6. The number of nitrogens with zero attached hydrogens (tertiary/aromatic N) is 2. The van der Waals surface area contributed by atoms with Gasteiger partial charge in [0.05, 0.1) is 5.92 Å². The van der Waals surface area contributed by atoms with Crippen molar-refractivity contribution in [1.82, 2.24) is 9.80 Å². The van der Waals surface area contributed by atoms with Crippen LogP contribution >= 0.6 is 12.4 Å². The van der Waals surface area contributed by atoms with E-state index < -0.39 is 0 Å². The summed E-state index contributed by atoms with van der Waals surface area (Å²) in [4.78, 5) is 28.4. The fourth-order valence-corrected chi connectivity index (χ4v) is 3.10. The van der Waals surface area contributed by atoms with Crippen molar-refractivity contribution in [2.45, 2.75) is 33.7 Å². The summed E-state index contributed by atoms with van der Waals surface area (Å²) in [5.74, 6) is -0.154. The van der Waals surface area contributed by atoms with Crippen LogP contribution in [0.4, 0.5) is 0 Å². The molecule has 1 unspecified atom stereocenters. The molecule has 0 aliphatic carbocycles. The first-order valence-corrected chi connectivity index (χ1v) is 8.50. The summed E-state index contributed by atoms with van der Waals surface area (Å²) < 4.78 is 0. The van der Waals surface area contributed by atoms with E-state index in [-0.39, 0.29) is 35.6 Å². The van der Waals surface area contributed by atoms with Gasteiger partial charge in [-0.1, -0.05) is 43.7 Å². The molecule has 1 aromatic rings. The Labute approximate surface area is 157 Å². The number of carbonyl (C=O) groups is 2. The van der Waals surface area contributed by atoms with Gasteiger partial charge in [-0.05, 0) is 24.4 Å². The number of halogens is 1. The van der Waals surface area contributed by atoms with E-state index in [1.165, 1.54) is 5.56 Å². The fourth-order valence-electron chi connectivity index (χ4n) is 3.10. The van der Waals surface area contributed by atoms with E-state index in [0.29, 0.717) is 32.6 Å². The lowest BCUT2D eigenvalue weighted by atomic mass is 9.92. The van der Waals surface area contributed by atoms with E-state index in [0.717, 1.165) is 5.56 Å². The second kappa shape index (κ2) is 8.68. The van der Waals surface area contributed by atoms with Crippen LogP contribution in [0.1, 0.15) is 31.4 Å². The zero-order valence-electron chi connectivity index (χ0n) is 15.6. The first-order chi connectivity index (χ1) is 11.2. The van der Waals surface area contributed by atoms with Gasteiger partial charge in [0.1, 0.15) is 0 Å². The fraction of sp³-hybridized carbons (Fsp3) is 0.579. The first-order valence-electron chi connectivity index (χ1n) is 8.50. The van der Waals surface area contributed by atoms with E-state index in [1.54, 1.807) is 16.8 Å². The Kier molecular flexibility index (Phi) is 7.44. The minimum atomic E-state index is -0.249. The molecule has 6 heteroatoms. The SMILES string of the molecule is Cc1ccc(CN2CC(C(=O)N(C)CC(C)(C)CN)CC2=O)cc1.Cl. The molecule has 2 rings (SSSR count). The van der Waals surface area contributed by atoms with Gasteiger partial charge in [-0.25, -0.2) is 0 Å². The molecule has 1 atom stereocenters. The normalized spacial score (nSPS) is 17.4. The summed E-state index contributed by atoms with van der Waals surface area (Å²) in [7, 11) is 1.80. The van der Waals surface area contributed by atoms with Gasteiger partial charge in [0.2, 0.25) is 11.8 Å². The maximum absolute atomic E-state index is 12.6. The van der Waals surface area contributed by atoms with E-state index in [9.17, 15) is 9.59 Å². The maximum Gasteiger partial charge on any atom is 0.227 e. The van der Waals surface area contributed by atoms with Crippen LogP contribution in [0.5, 0.6) is 0 Å². The molecule has 1 fully saturated rings. The molecule has 0 spiro atoms. The Morgan fingerprint density at radius 2 is 1.92 bits per heavy atom. The van der Waals surface area contributed by atoms with Crippen LogP contribution in [-0.2, 0) is 16.1 Å². The summed E-state index contributed by atoms with van der Waals surface area (Å²) in [6, 6.07) is 8.16. The number of likely N-dealkylation sites (tertiary alicyclic amines) is 1. The molecule has 0 aromatic heterocycles. The van der Waals surface area contributed by atoms with Gasteiger partial charge in [0, 0.05) is 33.1 Å². The molecular weight excluding hydrogens is 338 g/mol. The van der Waals surface area contributed by atoms with Gasteiger partial charge in [-0.2, -0.15) is 0 Å². The topological polar surface area (TPSA) is 66.6 Å². The average Bonchev–Trinajstić information content (AvgIpc) is 2.89. The van der Waals surface area contributed by atoms with Crippen molar-refractivity contribution in [3.05, 3.63) is 35.4 Å². The molecule has 0 bridgehead atoms. The van der Waals surface area contributed by atoms with Crippen LogP contribution in [0.15, 0.2) is 24.3 Å². The molecule has 1 aliphatic heterocycles. The van der Waals surface area contributed by atoms with E-state index in [1.807, 2.05) is 45.0 Å². The Balaban J connectivity index is 0.00000312. The summed E-state index contributed by atoms with van der Waals surface area (Å²) >= 11 is 0. The molecule has 2 N–H and O–H groups in total. The Morgan fingerprint density at radius 1 is 1.32 bits per heavy atom. The third kappa shape index (κ3) is 5.72. The van der Waals surface area contributed by atoms with Gasteiger partial charge >= 0.3 is 0 Å². The van der Waals surface area contributed by atoms with Crippen LogP contribution < -0.4 is 5.73 Å². The number of rotatable bonds is 6. The van der Waals surface area contributed by atoms with E-state index in [2.05, 4.69) is 0 Å². The Bertz CT molecular complexity index is 601. The molecule has 1 aliphatic rings. The van der Waals surface area contributed by atoms with Gasteiger partial charge < -0.3 is 15.5 Å². The zero-order valence-corrected chi connectivity index (χ0v) is 16.4. The standard InChI is InChI=1S/C19H29N3O2.ClH/c1-14-5-7-15(8-6-14)10-22-11-16(9-17(22)23)18(24)21(4)13-19(2,3)12-20;/h5-8,16H,9-13,20H2,1-4H3;1H. The first kappa shape index (κ1) is 21.5. The van der Waals surface area contributed by atoms with Gasteiger partial charge in [-0.15, -0.1) is 12.4 Å². The van der Waals surface area contributed by atoms with Crippen molar-refractivity contribution in [3.63, 3.8) is 0 Å². The second-order valence-electron chi connectivity index (χ2n) is 7.72. The van der Waals surface area contributed by atoms with Crippen LogP contribution in [0.2, 0.25) is 0 Å². The molecule has 2 amide bonds. The minimum Gasteiger partial charge on any atom is -0.345 e. The summed E-state index contributed by atoms with van der Waals surface area (Å²) in [5.41, 5.74) is 7.93. The smallest absolute Gasteiger partial charge is 0.227 e. The third-order valence-corrected chi connectivity index (χ3v) is 4.65. The van der Waals surface area contributed by atoms with Crippen molar-refractivity contribution in [1.29, 1.82) is 0 Å². The molecule has 1 saturated heterocycles. The highest BCUT2D eigenvalue weighted by Gasteiger charge is 2.36. The molecule has 5 nitrogen and oxygen atoms in total. The van der Waals surface area contributed by atoms with Crippen molar-refractivity contribution in [2.75, 3.05) is 26.7 Å². The number of nitrogens with two attached hydrogens (primary N) is 1. The van der Waals surface area contributed by atoms with Crippen LogP contribution in [0.25, 0.3) is 0 Å². The monoisotopic (exact) mass is 367 g/mol. The van der Waals surface area contributed by atoms with Crippen molar-refractivity contribution < 1.29 is 9.59 Å². The van der Waals surface area contributed by atoms with Gasteiger partial charge in [0.15, 0.2) is 0 Å².